The first-order chi connectivity index (χ1) is 9.65. The summed E-state index contributed by atoms with van der Waals surface area (Å²) in [5.41, 5.74) is 0.0178. The van der Waals surface area contributed by atoms with Gasteiger partial charge in [0.2, 0.25) is 0 Å². The Labute approximate surface area is 132 Å². The van der Waals surface area contributed by atoms with Crippen molar-refractivity contribution >= 4 is 23.5 Å². The summed E-state index contributed by atoms with van der Waals surface area (Å²) in [6, 6.07) is 0. The number of allylic oxidation sites excluding steroid dienone is 2. The summed E-state index contributed by atoms with van der Waals surface area (Å²) in [6.45, 7) is 10.2. The third-order valence-electron chi connectivity index (χ3n) is 4.34. The van der Waals surface area contributed by atoms with Gasteiger partial charge in [-0.2, -0.15) is 11.8 Å². The van der Waals surface area contributed by atoms with Gasteiger partial charge in [-0.05, 0) is 17.8 Å². The second kappa shape index (κ2) is 7.48. The monoisotopic (exact) mass is 312 g/mol. The molecule has 0 spiro atoms. The fraction of sp³-hybridized carbons (Fsp3) is 0.765. The molecule has 0 heterocycles. The fourth-order valence-corrected chi connectivity index (χ4v) is 4.16. The van der Waals surface area contributed by atoms with Crippen LogP contribution in [0.5, 0.6) is 0 Å². The lowest BCUT2D eigenvalue weighted by molar-refractivity contribution is -0.140. The largest absolute Gasteiger partial charge is 0.481 e. The molecular formula is C17H28O3S. The molecule has 1 aliphatic rings. The standard InChI is InChI=1S/C17H28O3S/c1-11-7-6-8-17(4,5)15(11)14(18)9-13(3)21-10-12(2)16(19)20/h6-7,11-13,15H,8-10H2,1-5H3,(H,19,20). The van der Waals surface area contributed by atoms with Crippen molar-refractivity contribution < 1.29 is 14.7 Å². The number of carboxylic acid groups (broad SMARTS) is 1. The van der Waals surface area contributed by atoms with Gasteiger partial charge in [0, 0.05) is 23.3 Å². The van der Waals surface area contributed by atoms with E-state index in [1.807, 2.05) is 6.92 Å². The first-order valence-corrected chi connectivity index (χ1v) is 8.73. The molecule has 0 aromatic rings. The number of Topliss-reactive ketones (excluding diaryl/α,β-unsaturated/α-hetero) is 1. The van der Waals surface area contributed by atoms with Crippen molar-refractivity contribution in [3.05, 3.63) is 12.2 Å². The van der Waals surface area contributed by atoms with Gasteiger partial charge in [-0.1, -0.05) is 46.8 Å². The summed E-state index contributed by atoms with van der Waals surface area (Å²) in [7, 11) is 0. The van der Waals surface area contributed by atoms with Gasteiger partial charge in [-0.15, -0.1) is 0 Å². The maximum Gasteiger partial charge on any atom is 0.307 e. The smallest absolute Gasteiger partial charge is 0.307 e. The van der Waals surface area contributed by atoms with Crippen LogP contribution in [0.15, 0.2) is 12.2 Å². The van der Waals surface area contributed by atoms with Crippen LogP contribution in [0.1, 0.15) is 47.5 Å². The topological polar surface area (TPSA) is 54.4 Å². The fourth-order valence-electron chi connectivity index (χ4n) is 3.11. The predicted octanol–water partition coefficient (Wildman–Crippen LogP) is 4.03. The second-order valence-electron chi connectivity index (χ2n) is 7.01. The highest BCUT2D eigenvalue weighted by Crippen LogP contribution is 2.42. The number of carbonyl (C=O) groups excluding carboxylic acids is 1. The minimum absolute atomic E-state index is 0.0178. The Hall–Kier alpha value is -0.770. The lowest BCUT2D eigenvalue weighted by Crippen LogP contribution is -2.38. The van der Waals surface area contributed by atoms with Crippen LogP contribution in [0.3, 0.4) is 0 Å². The number of carbonyl (C=O) groups is 2. The molecule has 0 saturated heterocycles. The molecule has 1 rings (SSSR count). The van der Waals surface area contributed by atoms with Crippen molar-refractivity contribution in [2.75, 3.05) is 5.75 Å². The molecule has 0 fully saturated rings. The molecule has 0 aliphatic heterocycles. The summed E-state index contributed by atoms with van der Waals surface area (Å²) < 4.78 is 0. The minimum Gasteiger partial charge on any atom is -0.481 e. The molecule has 1 N–H and O–H groups in total. The SMILES string of the molecule is CC(CC(=O)C1C(C)C=CCC1(C)C)SCC(C)C(=O)O. The number of thioether (sulfide) groups is 1. The predicted molar refractivity (Wildman–Crippen MR) is 88.5 cm³/mol. The van der Waals surface area contributed by atoms with E-state index in [0.717, 1.165) is 6.42 Å². The Morgan fingerprint density at radius 3 is 2.52 bits per heavy atom. The van der Waals surface area contributed by atoms with E-state index >= 15 is 0 Å². The summed E-state index contributed by atoms with van der Waals surface area (Å²) in [4.78, 5) is 23.5. The first-order valence-electron chi connectivity index (χ1n) is 7.69. The number of carboxylic acids is 1. The van der Waals surface area contributed by atoms with Crippen molar-refractivity contribution in [2.24, 2.45) is 23.2 Å². The van der Waals surface area contributed by atoms with E-state index in [-0.39, 0.29) is 28.4 Å². The average Bonchev–Trinajstić information content (AvgIpc) is 2.34. The average molecular weight is 312 g/mol. The Bertz CT molecular complexity index is 414. The number of hydrogen-bond acceptors (Lipinski definition) is 3. The van der Waals surface area contributed by atoms with E-state index in [4.69, 9.17) is 5.11 Å². The molecule has 4 atom stereocenters. The molecule has 4 unspecified atom stereocenters. The lowest BCUT2D eigenvalue weighted by atomic mass is 9.65. The van der Waals surface area contributed by atoms with Gasteiger partial charge in [0.1, 0.15) is 5.78 Å². The quantitative estimate of drug-likeness (QED) is 0.721. The zero-order valence-electron chi connectivity index (χ0n) is 13.8. The maximum atomic E-state index is 12.6. The Kier molecular flexibility index (Phi) is 6.51. The summed E-state index contributed by atoms with van der Waals surface area (Å²) in [5, 5.41) is 9.07. The van der Waals surface area contributed by atoms with Crippen LogP contribution >= 0.6 is 11.8 Å². The van der Waals surface area contributed by atoms with Crippen LogP contribution in [0.2, 0.25) is 0 Å². The summed E-state index contributed by atoms with van der Waals surface area (Å²) in [6.07, 6.45) is 5.81. The van der Waals surface area contributed by atoms with Gasteiger partial charge in [-0.3, -0.25) is 9.59 Å². The number of rotatable bonds is 7. The van der Waals surface area contributed by atoms with Gasteiger partial charge < -0.3 is 5.11 Å². The van der Waals surface area contributed by atoms with Crippen molar-refractivity contribution in [3.8, 4) is 0 Å². The van der Waals surface area contributed by atoms with Crippen LogP contribution in [0.4, 0.5) is 0 Å². The highest BCUT2D eigenvalue weighted by molar-refractivity contribution is 7.99. The molecular weight excluding hydrogens is 284 g/mol. The van der Waals surface area contributed by atoms with Gasteiger partial charge in [0.25, 0.3) is 0 Å². The molecule has 21 heavy (non-hydrogen) atoms. The third-order valence-corrected chi connectivity index (χ3v) is 5.77. The van der Waals surface area contributed by atoms with Gasteiger partial charge >= 0.3 is 5.97 Å². The number of aliphatic carboxylic acids is 1. The zero-order chi connectivity index (χ0) is 16.2. The van der Waals surface area contributed by atoms with Crippen molar-refractivity contribution in [1.29, 1.82) is 0 Å². The van der Waals surface area contributed by atoms with Crippen molar-refractivity contribution in [3.63, 3.8) is 0 Å². The van der Waals surface area contributed by atoms with Crippen LogP contribution in [-0.2, 0) is 9.59 Å². The van der Waals surface area contributed by atoms with Crippen LogP contribution < -0.4 is 0 Å². The molecule has 0 radical (unpaired) electrons. The molecule has 3 nitrogen and oxygen atoms in total. The molecule has 0 saturated carbocycles. The van der Waals surface area contributed by atoms with E-state index in [0.29, 0.717) is 18.0 Å². The van der Waals surface area contributed by atoms with E-state index < -0.39 is 5.97 Å². The van der Waals surface area contributed by atoms with E-state index in [1.165, 1.54) is 0 Å². The highest BCUT2D eigenvalue weighted by Gasteiger charge is 2.39. The van der Waals surface area contributed by atoms with E-state index in [2.05, 4.69) is 32.9 Å². The van der Waals surface area contributed by atoms with Crippen molar-refractivity contribution in [2.45, 2.75) is 52.7 Å². The highest BCUT2D eigenvalue weighted by atomic mass is 32.2. The third kappa shape index (κ3) is 5.17. The Balaban J connectivity index is 2.55. The van der Waals surface area contributed by atoms with Crippen molar-refractivity contribution in [1.82, 2.24) is 0 Å². The number of ketones is 1. The Morgan fingerprint density at radius 2 is 2.00 bits per heavy atom. The van der Waals surface area contributed by atoms with Gasteiger partial charge in [0.05, 0.1) is 5.92 Å². The summed E-state index contributed by atoms with van der Waals surface area (Å²) in [5.74, 6) is 0.111. The lowest BCUT2D eigenvalue weighted by Gasteiger charge is -2.39. The second-order valence-corrected chi connectivity index (χ2v) is 8.48. The molecule has 1 aliphatic carbocycles. The molecule has 120 valence electrons. The van der Waals surface area contributed by atoms with E-state index in [9.17, 15) is 9.59 Å². The molecule has 0 amide bonds. The minimum atomic E-state index is -0.770. The van der Waals surface area contributed by atoms with Gasteiger partial charge in [0.15, 0.2) is 0 Å². The zero-order valence-corrected chi connectivity index (χ0v) is 14.6. The van der Waals surface area contributed by atoms with Crippen LogP contribution in [0.25, 0.3) is 0 Å². The van der Waals surface area contributed by atoms with E-state index in [1.54, 1.807) is 18.7 Å². The van der Waals surface area contributed by atoms with Crippen LogP contribution in [0, 0.1) is 23.2 Å². The van der Waals surface area contributed by atoms with Gasteiger partial charge in [-0.25, -0.2) is 0 Å². The summed E-state index contributed by atoms with van der Waals surface area (Å²) >= 11 is 1.59. The first kappa shape index (κ1) is 18.3. The Morgan fingerprint density at radius 1 is 1.38 bits per heavy atom. The maximum absolute atomic E-state index is 12.6. The number of hydrogen-bond donors (Lipinski definition) is 1. The molecule has 0 bridgehead atoms. The molecule has 4 heteroatoms. The van der Waals surface area contributed by atoms with Crippen LogP contribution in [-0.4, -0.2) is 27.9 Å². The normalized spacial score (nSPS) is 27.1. The molecule has 0 aromatic carbocycles. The molecule has 0 aromatic heterocycles.